The van der Waals surface area contributed by atoms with Crippen LogP contribution >= 0.6 is 11.8 Å². The van der Waals surface area contributed by atoms with Gasteiger partial charge in [-0.25, -0.2) is 9.59 Å². The molecular weight excluding hydrogens is 288 g/mol. The number of carboxylic acid groups (broad SMARTS) is 1. The van der Waals surface area contributed by atoms with E-state index in [-0.39, 0.29) is 0 Å². The number of benzene rings is 1. The van der Waals surface area contributed by atoms with E-state index in [0.717, 1.165) is 12.0 Å². The predicted molar refractivity (Wildman–Crippen MR) is 85.6 cm³/mol. The number of thioether (sulfide) groups is 1. The van der Waals surface area contributed by atoms with Crippen LogP contribution in [0.15, 0.2) is 24.3 Å². The highest BCUT2D eigenvalue weighted by Crippen LogP contribution is 2.09. The monoisotopic (exact) mass is 310 g/mol. The topological polar surface area (TPSA) is 78.4 Å². The molecule has 0 spiro atoms. The summed E-state index contributed by atoms with van der Waals surface area (Å²) in [5.74, 6) is -0.316. The minimum atomic E-state index is -1.01. The van der Waals surface area contributed by atoms with E-state index in [2.05, 4.69) is 17.6 Å². The fraction of sp³-hybridized carbons (Fsp3) is 0.467. The Kier molecular flexibility index (Phi) is 7.68. The Bertz CT molecular complexity index is 480. The molecule has 1 atom stereocenters. The van der Waals surface area contributed by atoms with Gasteiger partial charge in [0.15, 0.2) is 0 Å². The van der Waals surface area contributed by atoms with Crippen molar-refractivity contribution in [3.05, 3.63) is 35.4 Å². The van der Waals surface area contributed by atoms with Crippen molar-refractivity contribution >= 4 is 23.8 Å². The van der Waals surface area contributed by atoms with Gasteiger partial charge < -0.3 is 15.7 Å². The molecule has 0 aliphatic heterocycles. The zero-order valence-electron chi connectivity index (χ0n) is 12.4. The predicted octanol–water partition coefficient (Wildman–Crippen LogP) is 2.25. The van der Waals surface area contributed by atoms with E-state index < -0.39 is 18.0 Å². The summed E-state index contributed by atoms with van der Waals surface area (Å²) in [6, 6.07) is 6.57. The van der Waals surface area contributed by atoms with E-state index in [1.165, 1.54) is 5.56 Å². The van der Waals surface area contributed by atoms with Crippen LogP contribution in [0, 0.1) is 0 Å². The quantitative estimate of drug-likeness (QED) is 0.688. The molecule has 5 nitrogen and oxygen atoms in total. The van der Waals surface area contributed by atoms with E-state index in [0.29, 0.717) is 18.7 Å². The van der Waals surface area contributed by atoms with Crippen molar-refractivity contribution in [3.8, 4) is 0 Å². The third-order valence-electron chi connectivity index (χ3n) is 3.15. The summed E-state index contributed by atoms with van der Waals surface area (Å²) >= 11 is 1.55. The minimum absolute atomic E-state index is 0.394. The summed E-state index contributed by atoms with van der Waals surface area (Å²) in [5, 5.41) is 14.3. The number of amides is 2. The molecule has 1 aromatic carbocycles. The van der Waals surface area contributed by atoms with Crippen LogP contribution in [-0.2, 0) is 17.8 Å². The summed E-state index contributed by atoms with van der Waals surface area (Å²) in [7, 11) is 0. The van der Waals surface area contributed by atoms with Gasteiger partial charge in [-0.2, -0.15) is 11.8 Å². The van der Waals surface area contributed by atoms with Crippen molar-refractivity contribution < 1.29 is 14.7 Å². The molecule has 0 aliphatic carbocycles. The number of urea groups is 1. The summed E-state index contributed by atoms with van der Waals surface area (Å²) < 4.78 is 0. The van der Waals surface area contributed by atoms with Gasteiger partial charge in [-0.15, -0.1) is 0 Å². The molecule has 3 N–H and O–H groups in total. The number of carboxylic acids is 1. The number of aliphatic carboxylic acids is 1. The fourth-order valence-corrected chi connectivity index (χ4v) is 2.42. The molecule has 0 unspecified atom stereocenters. The molecule has 0 aliphatic rings. The first-order chi connectivity index (χ1) is 10.1. The van der Waals surface area contributed by atoms with Crippen molar-refractivity contribution in [1.82, 2.24) is 10.6 Å². The summed E-state index contributed by atoms with van der Waals surface area (Å²) in [6.07, 6.45) is 3.21. The molecule has 21 heavy (non-hydrogen) atoms. The van der Waals surface area contributed by atoms with Crippen LogP contribution in [0.2, 0.25) is 0 Å². The maximum absolute atomic E-state index is 11.8. The Morgan fingerprint density at radius 2 is 1.95 bits per heavy atom. The second kappa shape index (κ2) is 9.28. The number of hydrogen-bond acceptors (Lipinski definition) is 3. The first-order valence-electron chi connectivity index (χ1n) is 6.91. The normalized spacial score (nSPS) is 11.7. The van der Waals surface area contributed by atoms with Crippen LogP contribution in [-0.4, -0.2) is 35.2 Å². The lowest BCUT2D eigenvalue weighted by molar-refractivity contribution is -0.139. The van der Waals surface area contributed by atoms with E-state index in [1.807, 2.05) is 30.5 Å². The Hall–Kier alpha value is -1.69. The molecule has 0 heterocycles. The van der Waals surface area contributed by atoms with Gasteiger partial charge in [0.05, 0.1) is 0 Å². The van der Waals surface area contributed by atoms with Gasteiger partial charge >= 0.3 is 12.0 Å². The van der Waals surface area contributed by atoms with Crippen LogP contribution in [0.1, 0.15) is 24.5 Å². The standard InChI is InChI=1S/C15H22N2O3S/c1-3-11-6-4-5-7-12(11)10-16-15(20)17-13(14(18)19)8-9-21-2/h4-7,13H,3,8-10H2,1-2H3,(H,18,19)(H2,16,17,20)/t13-/m1/s1. The lowest BCUT2D eigenvalue weighted by atomic mass is 10.1. The first-order valence-corrected chi connectivity index (χ1v) is 8.30. The maximum atomic E-state index is 11.8. The molecule has 0 aromatic heterocycles. The summed E-state index contributed by atoms with van der Waals surface area (Å²) in [5.41, 5.74) is 2.22. The molecule has 1 aromatic rings. The smallest absolute Gasteiger partial charge is 0.326 e. The van der Waals surface area contributed by atoms with Crippen molar-refractivity contribution in [2.75, 3.05) is 12.0 Å². The van der Waals surface area contributed by atoms with Crippen LogP contribution in [0.5, 0.6) is 0 Å². The van der Waals surface area contributed by atoms with Crippen LogP contribution in [0.3, 0.4) is 0 Å². The van der Waals surface area contributed by atoms with Crippen molar-refractivity contribution in [2.45, 2.75) is 32.4 Å². The molecule has 0 bridgehead atoms. The average molecular weight is 310 g/mol. The van der Waals surface area contributed by atoms with Gasteiger partial charge in [0.25, 0.3) is 0 Å². The van der Waals surface area contributed by atoms with E-state index in [1.54, 1.807) is 11.8 Å². The third-order valence-corrected chi connectivity index (χ3v) is 3.80. The number of hydrogen-bond donors (Lipinski definition) is 3. The Morgan fingerprint density at radius 3 is 2.52 bits per heavy atom. The molecule has 6 heteroatoms. The van der Waals surface area contributed by atoms with Gasteiger partial charge in [0.1, 0.15) is 6.04 Å². The van der Waals surface area contributed by atoms with Gasteiger partial charge in [0.2, 0.25) is 0 Å². The molecular formula is C15H22N2O3S. The largest absolute Gasteiger partial charge is 0.480 e. The molecule has 0 fully saturated rings. The van der Waals surface area contributed by atoms with Gasteiger partial charge in [-0.1, -0.05) is 31.2 Å². The van der Waals surface area contributed by atoms with Gasteiger partial charge in [-0.05, 0) is 36.0 Å². The zero-order valence-corrected chi connectivity index (χ0v) is 13.2. The Labute approximate surface area is 129 Å². The van der Waals surface area contributed by atoms with Crippen LogP contribution in [0.4, 0.5) is 4.79 Å². The first kappa shape index (κ1) is 17.4. The van der Waals surface area contributed by atoms with Crippen molar-refractivity contribution in [2.24, 2.45) is 0 Å². The highest BCUT2D eigenvalue weighted by molar-refractivity contribution is 7.98. The summed E-state index contributed by atoms with van der Waals surface area (Å²) in [4.78, 5) is 22.9. The fourth-order valence-electron chi connectivity index (χ4n) is 1.95. The summed E-state index contributed by atoms with van der Waals surface area (Å²) in [6.45, 7) is 2.45. The molecule has 0 saturated carbocycles. The van der Waals surface area contributed by atoms with Crippen LogP contribution < -0.4 is 10.6 Å². The molecule has 1 rings (SSSR count). The molecule has 0 saturated heterocycles. The van der Waals surface area contributed by atoms with E-state index in [4.69, 9.17) is 5.11 Å². The Morgan fingerprint density at radius 1 is 1.29 bits per heavy atom. The van der Waals surface area contributed by atoms with Gasteiger partial charge in [-0.3, -0.25) is 0 Å². The lowest BCUT2D eigenvalue weighted by Crippen LogP contribution is -2.46. The number of carbonyl (C=O) groups excluding carboxylic acids is 1. The number of carbonyl (C=O) groups is 2. The molecule has 116 valence electrons. The Balaban J connectivity index is 2.50. The lowest BCUT2D eigenvalue weighted by Gasteiger charge is -2.15. The maximum Gasteiger partial charge on any atom is 0.326 e. The van der Waals surface area contributed by atoms with E-state index in [9.17, 15) is 9.59 Å². The second-order valence-corrected chi connectivity index (χ2v) is 5.61. The van der Waals surface area contributed by atoms with Crippen molar-refractivity contribution in [3.63, 3.8) is 0 Å². The van der Waals surface area contributed by atoms with E-state index >= 15 is 0 Å². The molecule has 0 radical (unpaired) electrons. The van der Waals surface area contributed by atoms with Crippen molar-refractivity contribution in [1.29, 1.82) is 0 Å². The number of aryl methyl sites for hydroxylation is 1. The van der Waals surface area contributed by atoms with Gasteiger partial charge in [0, 0.05) is 6.54 Å². The minimum Gasteiger partial charge on any atom is -0.480 e. The second-order valence-electron chi connectivity index (χ2n) is 4.62. The van der Waals surface area contributed by atoms with Crippen LogP contribution in [0.25, 0.3) is 0 Å². The SMILES string of the molecule is CCc1ccccc1CNC(=O)N[C@H](CCSC)C(=O)O. The highest BCUT2D eigenvalue weighted by atomic mass is 32.2. The highest BCUT2D eigenvalue weighted by Gasteiger charge is 2.19. The average Bonchev–Trinajstić information content (AvgIpc) is 2.49. The zero-order chi connectivity index (χ0) is 15.7. The number of rotatable bonds is 8. The molecule has 2 amide bonds. The number of nitrogens with one attached hydrogen (secondary N) is 2. The third kappa shape index (κ3) is 6.08.